The zero-order valence-corrected chi connectivity index (χ0v) is 18.1. The number of carbonyl (C=O) groups is 2. The van der Waals surface area contributed by atoms with Gasteiger partial charge in [0, 0.05) is 42.3 Å². The van der Waals surface area contributed by atoms with E-state index < -0.39 is 9.84 Å². The van der Waals surface area contributed by atoms with Crippen LogP contribution in [0, 0.1) is 0 Å². The molecule has 0 radical (unpaired) electrons. The molecule has 0 bridgehead atoms. The van der Waals surface area contributed by atoms with Gasteiger partial charge in [-0.1, -0.05) is 18.2 Å². The van der Waals surface area contributed by atoms with E-state index >= 15 is 0 Å². The second-order valence-electron chi connectivity index (χ2n) is 6.60. The predicted molar refractivity (Wildman–Crippen MR) is 114 cm³/mol. The molecule has 0 aliphatic carbocycles. The van der Waals surface area contributed by atoms with Gasteiger partial charge in [0.1, 0.15) is 0 Å². The number of sulfone groups is 1. The Labute approximate surface area is 172 Å². The molecule has 2 aromatic carbocycles. The Morgan fingerprint density at radius 2 is 1.63 bits per heavy atom. The van der Waals surface area contributed by atoms with E-state index in [1.807, 2.05) is 25.1 Å². The predicted octanol–water partition coefficient (Wildman–Crippen LogP) is 3.87. The Morgan fingerprint density at radius 3 is 2.15 bits per heavy atom. The maximum Gasteiger partial charge on any atom is 0.287 e. The molecule has 2 amide bonds. The first-order valence-electron chi connectivity index (χ1n) is 8.31. The second kappa shape index (κ2) is 7.23. The molecule has 3 rings (SSSR count). The van der Waals surface area contributed by atoms with E-state index in [0.717, 1.165) is 11.1 Å². The molecule has 27 heavy (non-hydrogen) atoms. The number of fused-ring (bicyclic) bond motifs is 1. The van der Waals surface area contributed by atoms with Crippen molar-refractivity contribution < 1.29 is 18.0 Å². The highest BCUT2D eigenvalue weighted by Crippen LogP contribution is 2.39. The van der Waals surface area contributed by atoms with Gasteiger partial charge >= 0.3 is 0 Å². The molecule has 8 heteroatoms. The molecule has 1 aliphatic heterocycles. The number of amides is 2. The molecule has 0 fully saturated rings. The van der Waals surface area contributed by atoms with Crippen LogP contribution in [0.2, 0.25) is 0 Å². The monoisotopic (exact) mass is 498 g/mol. The number of anilines is 2. The van der Waals surface area contributed by atoms with Crippen molar-refractivity contribution >= 4 is 53.6 Å². The van der Waals surface area contributed by atoms with E-state index in [1.54, 1.807) is 56.7 Å². The van der Waals surface area contributed by atoms with Gasteiger partial charge in [-0.25, -0.2) is 8.42 Å². The Bertz CT molecular complexity index is 1020. The smallest absolute Gasteiger partial charge is 0.287 e. The number of rotatable bonds is 2. The second-order valence-corrected chi connectivity index (χ2v) is 9.54. The van der Waals surface area contributed by atoms with Gasteiger partial charge in [-0.15, -0.1) is 0 Å². The lowest BCUT2D eigenvalue weighted by Crippen LogP contribution is -2.50. The first-order valence-corrected chi connectivity index (χ1v) is 11.3. The highest BCUT2D eigenvalue weighted by Gasteiger charge is 2.33. The van der Waals surface area contributed by atoms with Crippen LogP contribution >= 0.6 is 22.6 Å². The third kappa shape index (κ3) is 3.86. The van der Waals surface area contributed by atoms with Gasteiger partial charge in [-0.2, -0.15) is 0 Å². The van der Waals surface area contributed by atoms with Gasteiger partial charge in [-0.3, -0.25) is 14.5 Å². The van der Waals surface area contributed by atoms with Gasteiger partial charge in [0.2, 0.25) is 5.91 Å². The fourth-order valence-electron chi connectivity index (χ4n) is 3.35. The lowest BCUT2D eigenvalue weighted by Gasteiger charge is -2.40. The average Bonchev–Trinajstić information content (AvgIpc) is 2.59. The van der Waals surface area contributed by atoms with Crippen LogP contribution in [0.4, 0.5) is 16.2 Å². The molecule has 1 heterocycles. The molecular weight excluding hydrogens is 479 g/mol. The van der Waals surface area contributed by atoms with E-state index in [9.17, 15) is 18.0 Å². The molecule has 2 aromatic rings. The topological polar surface area (TPSA) is 74.8 Å². The van der Waals surface area contributed by atoms with E-state index in [2.05, 4.69) is 0 Å². The fraction of sp³-hybridized carbons (Fsp3) is 0.263. The van der Waals surface area contributed by atoms with E-state index in [1.165, 1.54) is 13.2 Å². The standard InChI is InChI=1S/C19H19IN2O4S/c1-12-11-21(19(20)24)18-10-15(6-9-17(18)22(12)13(2)23)14-4-7-16(8-5-14)27(3,25)26/h4-10,12H,11H2,1-3H3/t12-/m0/s1. The number of hydrogen-bond acceptors (Lipinski definition) is 4. The molecule has 0 N–H and O–H groups in total. The van der Waals surface area contributed by atoms with E-state index in [4.69, 9.17) is 0 Å². The summed E-state index contributed by atoms with van der Waals surface area (Å²) in [6, 6.07) is 12.1. The molecule has 1 aliphatic rings. The van der Waals surface area contributed by atoms with Gasteiger partial charge in [-0.05, 0) is 42.3 Å². The Hall–Kier alpha value is -1.94. The molecule has 142 valence electrons. The Kier molecular flexibility index (Phi) is 5.31. The van der Waals surface area contributed by atoms with E-state index in [-0.39, 0.29) is 20.8 Å². The van der Waals surface area contributed by atoms with Gasteiger partial charge in [0.25, 0.3) is 3.91 Å². The first kappa shape index (κ1) is 19.8. The first-order chi connectivity index (χ1) is 12.6. The summed E-state index contributed by atoms with van der Waals surface area (Å²) in [5.41, 5.74) is 3.05. The van der Waals surface area contributed by atoms with Crippen LogP contribution in [0.15, 0.2) is 47.4 Å². The molecule has 0 saturated carbocycles. The van der Waals surface area contributed by atoms with Gasteiger partial charge in [0.05, 0.1) is 22.3 Å². The van der Waals surface area contributed by atoms with Crippen molar-refractivity contribution in [1.29, 1.82) is 0 Å². The molecule has 0 spiro atoms. The molecule has 0 aromatic heterocycles. The van der Waals surface area contributed by atoms with Crippen molar-refractivity contribution in [3.8, 4) is 11.1 Å². The van der Waals surface area contributed by atoms with Crippen LogP contribution in [0.25, 0.3) is 11.1 Å². The zero-order chi connectivity index (χ0) is 19.9. The van der Waals surface area contributed by atoms with Gasteiger partial charge < -0.3 is 4.90 Å². The maximum atomic E-state index is 12.1. The summed E-state index contributed by atoms with van der Waals surface area (Å²) in [4.78, 5) is 27.8. The van der Waals surface area contributed by atoms with Crippen molar-refractivity contribution in [1.82, 2.24) is 0 Å². The van der Waals surface area contributed by atoms with Gasteiger partial charge in [0.15, 0.2) is 9.84 Å². The maximum absolute atomic E-state index is 12.1. The van der Waals surface area contributed by atoms with Crippen LogP contribution < -0.4 is 9.80 Å². The van der Waals surface area contributed by atoms with Crippen LogP contribution in [0.5, 0.6) is 0 Å². The number of nitrogens with zero attached hydrogens (tertiary/aromatic N) is 2. The summed E-state index contributed by atoms with van der Waals surface area (Å²) in [6.07, 6.45) is 1.17. The third-order valence-corrected chi connectivity index (χ3v) is 6.29. The fourth-order valence-corrected chi connectivity index (χ4v) is 4.43. The van der Waals surface area contributed by atoms with Crippen molar-refractivity contribution in [2.75, 3.05) is 22.6 Å². The normalized spacial score (nSPS) is 16.8. The lowest BCUT2D eigenvalue weighted by atomic mass is 10.0. The minimum absolute atomic E-state index is 0.0745. The minimum atomic E-state index is -3.26. The molecule has 1 atom stereocenters. The average molecular weight is 498 g/mol. The number of hydrogen-bond donors (Lipinski definition) is 0. The molecule has 0 unspecified atom stereocenters. The highest BCUT2D eigenvalue weighted by molar-refractivity contribution is 14.1. The molecular formula is C19H19IN2O4S. The van der Waals surface area contributed by atoms with Crippen LogP contribution in [0.1, 0.15) is 13.8 Å². The van der Waals surface area contributed by atoms with E-state index in [0.29, 0.717) is 17.9 Å². The number of halogens is 1. The summed E-state index contributed by atoms with van der Waals surface area (Å²) in [5.74, 6) is -0.0745. The largest absolute Gasteiger partial charge is 0.306 e. The molecule has 6 nitrogen and oxygen atoms in total. The number of carbonyl (C=O) groups excluding carboxylic acids is 2. The third-order valence-electron chi connectivity index (χ3n) is 4.58. The summed E-state index contributed by atoms with van der Waals surface area (Å²) in [5, 5.41) is 0. The minimum Gasteiger partial charge on any atom is -0.306 e. The van der Waals surface area contributed by atoms with Crippen molar-refractivity contribution in [3.05, 3.63) is 42.5 Å². The Balaban J connectivity index is 2.10. The zero-order valence-electron chi connectivity index (χ0n) is 15.1. The Morgan fingerprint density at radius 1 is 1.04 bits per heavy atom. The van der Waals surface area contributed by atoms with Crippen LogP contribution in [-0.4, -0.2) is 37.1 Å². The summed E-state index contributed by atoms with van der Waals surface area (Å²) in [6.45, 7) is 3.85. The number of benzene rings is 2. The highest BCUT2D eigenvalue weighted by atomic mass is 127. The van der Waals surface area contributed by atoms with Crippen molar-refractivity contribution in [3.63, 3.8) is 0 Å². The van der Waals surface area contributed by atoms with Crippen molar-refractivity contribution in [2.45, 2.75) is 24.8 Å². The van der Waals surface area contributed by atoms with Crippen LogP contribution in [0.3, 0.4) is 0 Å². The quantitative estimate of drug-likeness (QED) is 0.358. The SMILES string of the molecule is CC(=O)N1c2ccc(-c3ccc(S(C)(=O)=O)cc3)cc2N(C(=O)I)C[C@@H]1C. The summed E-state index contributed by atoms with van der Waals surface area (Å²) < 4.78 is 23.2. The van der Waals surface area contributed by atoms with Crippen LogP contribution in [-0.2, 0) is 14.6 Å². The lowest BCUT2D eigenvalue weighted by molar-refractivity contribution is -0.117. The van der Waals surface area contributed by atoms with Crippen molar-refractivity contribution in [2.24, 2.45) is 0 Å². The molecule has 0 saturated heterocycles. The summed E-state index contributed by atoms with van der Waals surface area (Å²) in [7, 11) is -3.26. The summed E-state index contributed by atoms with van der Waals surface area (Å²) >= 11 is 1.75.